The van der Waals surface area contributed by atoms with E-state index < -0.39 is 4.92 Å². The van der Waals surface area contributed by atoms with Gasteiger partial charge < -0.3 is 5.32 Å². The SMILES string of the molecule is CCCCCCNc1ccc(-n2nnnc2Sc2ncc([N+](=O)[O-])s2)cc1. The molecule has 1 aromatic carbocycles. The number of hydrogen-bond acceptors (Lipinski definition) is 9. The van der Waals surface area contributed by atoms with E-state index >= 15 is 0 Å². The molecule has 0 radical (unpaired) electrons. The molecule has 0 saturated heterocycles. The van der Waals surface area contributed by atoms with Gasteiger partial charge in [-0.25, -0.2) is 4.98 Å². The van der Waals surface area contributed by atoms with Crippen molar-refractivity contribution in [3.05, 3.63) is 40.6 Å². The van der Waals surface area contributed by atoms with Crippen molar-refractivity contribution in [2.24, 2.45) is 0 Å². The van der Waals surface area contributed by atoms with E-state index in [1.165, 1.54) is 37.2 Å². The maximum atomic E-state index is 10.8. The number of tetrazole rings is 1. The smallest absolute Gasteiger partial charge is 0.344 e. The number of nitrogens with one attached hydrogen (secondary N) is 1. The molecule has 0 amide bonds. The van der Waals surface area contributed by atoms with Crippen LogP contribution in [0, 0.1) is 10.1 Å². The molecule has 0 atom stereocenters. The van der Waals surface area contributed by atoms with Crippen molar-refractivity contribution in [2.75, 3.05) is 11.9 Å². The van der Waals surface area contributed by atoms with Crippen molar-refractivity contribution >= 4 is 33.8 Å². The van der Waals surface area contributed by atoms with Gasteiger partial charge in [-0.05, 0) is 64.2 Å². The lowest BCUT2D eigenvalue weighted by Gasteiger charge is -2.08. The van der Waals surface area contributed by atoms with Crippen molar-refractivity contribution in [1.82, 2.24) is 25.2 Å². The summed E-state index contributed by atoms with van der Waals surface area (Å²) < 4.78 is 2.10. The molecule has 2 heterocycles. The second-order valence-corrected chi connectivity index (χ2v) is 7.95. The highest BCUT2D eigenvalue weighted by molar-refractivity contribution is 8.00. The summed E-state index contributed by atoms with van der Waals surface area (Å²) >= 11 is 2.19. The first-order valence-electron chi connectivity index (χ1n) is 8.58. The molecule has 0 fully saturated rings. The predicted octanol–water partition coefficient (Wildman–Crippen LogP) is 4.17. The lowest BCUT2D eigenvalue weighted by molar-refractivity contribution is -0.380. The molecule has 0 spiro atoms. The third-order valence-electron chi connectivity index (χ3n) is 3.74. The highest BCUT2D eigenvalue weighted by atomic mass is 32.2. The normalized spacial score (nSPS) is 10.9. The average molecular weight is 406 g/mol. The minimum Gasteiger partial charge on any atom is -0.385 e. The van der Waals surface area contributed by atoms with Gasteiger partial charge in [-0.3, -0.25) is 10.1 Å². The molecule has 0 saturated carbocycles. The van der Waals surface area contributed by atoms with Gasteiger partial charge in [-0.2, -0.15) is 4.68 Å². The van der Waals surface area contributed by atoms with E-state index in [1.54, 1.807) is 4.68 Å². The Labute approximate surface area is 164 Å². The summed E-state index contributed by atoms with van der Waals surface area (Å²) in [5.41, 5.74) is 1.86. The Bertz CT molecular complexity index is 879. The second-order valence-electron chi connectivity index (χ2n) is 5.73. The second kappa shape index (κ2) is 9.42. The summed E-state index contributed by atoms with van der Waals surface area (Å²) in [5, 5.41) is 26.4. The third kappa shape index (κ3) is 5.23. The van der Waals surface area contributed by atoms with Crippen LogP contribution in [0.3, 0.4) is 0 Å². The molecule has 3 rings (SSSR count). The van der Waals surface area contributed by atoms with Gasteiger partial charge in [0.05, 0.1) is 10.6 Å². The summed E-state index contributed by atoms with van der Waals surface area (Å²) in [7, 11) is 0. The van der Waals surface area contributed by atoms with Gasteiger partial charge in [0.15, 0.2) is 4.34 Å². The number of unbranched alkanes of at least 4 members (excludes halogenated alkanes) is 3. The summed E-state index contributed by atoms with van der Waals surface area (Å²) in [4.78, 5) is 14.4. The fourth-order valence-corrected chi connectivity index (χ4v) is 4.05. The van der Waals surface area contributed by atoms with E-state index in [0.29, 0.717) is 9.50 Å². The topological polar surface area (TPSA) is 112 Å². The largest absolute Gasteiger partial charge is 0.385 e. The molecule has 9 nitrogen and oxygen atoms in total. The highest BCUT2D eigenvalue weighted by Crippen LogP contribution is 2.33. The molecule has 0 bridgehead atoms. The standard InChI is InChI=1S/C16H19N7O2S2/c1-2-3-4-5-10-17-12-6-8-13(9-7-12)22-15(19-20-21-22)27-16-18-11-14(26-16)23(24)25/h6-9,11,17H,2-5,10H2,1H3. The van der Waals surface area contributed by atoms with Gasteiger partial charge in [0.1, 0.15) is 6.20 Å². The van der Waals surface area contributed by atoms with Crippen LogP contribution in [0.2, 0.25) is 0 Å². The molecule has 0 aliphatic heterocycles. The van der Waals surface area contributed by atoms with E-state index in [9.17, 15) is 10.1 Å². The van der Waals surface area contributed by atoms with Crippen LogP contribution in [0.25, 0.3) is 5.69 Å². The Morgan fingerprint density at radius 1 is 1.26 bits per heavy atom. The summed E-state index contributed by atoms with van der Waals surface area (Å²) in [6.45, 7) is 3.15. The molecular formula is C16H19N7O2S2. The molecule has 3 aromatic rings. The van der Waals surface area contributed by atoms with Crippen LogP contribution < -0.4 is 5.32 Å². The number of benzene rings is 1. The van der Waals surface area contributed by atoms with Gasteiger partial charge in [-0.15, -0.1) is 5.10 Å². The highest BCUT2D eigenvalue weighted by Gasteiger charge is 2.16. The van der Waals surface area contributed by atoms with Crippen molar-refractivity contribution in [2.45, 2.75) is 42.1 Å². The van der Waals surface area contributed by atoms with Gasteiger partial charge in [0.2, 0.25) is 5.16 Å². The van der Waals surface area contributed by atoms with Crippen LogP contribution in [-0.2, 0) is 0 Å². The lowest BCUT2D eigenvalue weighted by Crippen LogP contribution is -2.02. The summed E-state index contributed by atoms with van der Waals surface area (Å²) in [5.74, 6) is 0. The number of rotatable bonds is 10. The molecule has 1 N–H and O–H groups in total. The maximum Gasteiger partial charge on any atom is 0.344 e. The lowest BCUT2D eigenvalue weighted by atomic mass is 10.2. The number of nitrogens with zero attached hydrogens (tertiary/aromatic N) is 6. The Morgan fingerprint density at radius 2 is 2.07 bits per heavy atom. The quantitative estimate of drug-likeness (QED) is 0.304. The zero-order valence-electron chi connectivity index (χ0n) is 14.7. The van der Waals surface area contributed by atoms with Crippen molar-refractivity contribution in [1.29, 1.82) is 0 Å². The molecule has 11 heteroatoms. The first-order chi connectivity index (χ1) is 13.2. The number of thiazole rings is 1. The van der Waals surface area contributed by atoms with Crippen LogP contribution in [0.4, 0.5) is 10.7 Å². The summed E-state index contributed by atoms with van der Waals surface area (Å²) in [6.07, 6.45) is 6.13. The van der Waals surface area contributed by atoms with Crippen LogP contribution in [0.15, 0.2) is 40.0 Å². The third-order valence-corrected chi connectivity index (χ3v) is 5.70. The van der Waals surface area contributed by atoms with E-state index in [-0.39, 0.29) is 5.00 Å². The molecule has 0 aliphatic rings. The van der Waals surface area contributed by atoms with E-state index in [4.69, 9.17) is 0 Å². The van der Waals surface area contributed by atoms with Crippen LogP contribution in [0.5, 0.6) is 0 Å². The number of nitro groups is 1. The van der Waals surface area contributed by atoms with Gasteiger partial charge in [-0.1, -0.05) is 26.2 Å². The predicted molar refractivity (Wildman–Crippen MR) is 105 cm³/mol. The van der Waals surface area contributed by atoms with Gasteiger partial charge in [0.25, 0.3) is 0 Å². The van der Waals surface area contributed by atoms with Gasteiger partial charge in [0, 0.05) is 12.2 Å². The maximum absolute atomic E-state index is 10.8. The van der Waals surface area contributed by atoms with Crippen LogP contribution in [0.1, 0.15) is 32.6 Å². The number of anilines is 1. The van der Waals surface area contributed by atoms with Crippen LogP contribution in [-0.4, -0.2) is 36.7 Å². The Hall–Kier alpha value is -2.53. The fraction of sp³-hybridized carbons (Fsp3) is 0.375. The molecular weight excluding hydrogens is 386 g/mol. The molecule has 0 unspecified atom stereocenters. The molecule has 27 heavy (non-hydrogen) atoms. The first kappa shape index (κ1) is 19.2. The Morgan fingerprint density at radius 3 is 2.78 bits per heavy atom. The number of aromatic nitrogens is 5. The number of hydrogen-bond donors (Lipinski definition) is 1. The van der Waals surface area contributed by atoms with Crippen LogP contribution >= 0.6 is 23.1 Å². The average Bonchev–Trinajstić information content (AvgIpc) is 3.32. The molecule has 0 aliphatic carbocycles. The minimum absolute atomic E-state index is 0.00844. The zero-order valence-corrected chi connectivity index (χ0v) is 16.4. The first-order valence-corrected chi connectivity index (χ1v) is 10.2. The van der Waals surface area contributed by atoms with Gasteiger partial charge >= 0.3 is 5.00 Å². The Kier molecular flexibility index (Phi) is 6.71. The van der Waals surface area contributed by atoms with E-state index in [0.717, 1.165) is 35.7 Å². The monoisotopic (exact) mass is 405 g/mol. The molecule has 2 aromatic heterocycles. The summed E-state index contributed by atoms with van der Waals surface area (Å²) in [6, 6.07) is 7.83. The van der Waals surface area contributed by atoms with Crippen molar-refractivity contribution in [3.63, 3.8) is 0 Å². The Balaban J connectivity index is 1.63. The molecule has 142 valence electrons. The van der Waals surface area contributed by atoms with E-state index in [2.05, 4.69) is 32.7 Å². The van der Waals surface area contributed by atoms with E-state index in [1.807, 2.05) is 24.3 Å². The fourth-order valence-electron chi connectivity index (χ4n) is 2.37. The van der Waals surface area contributed by atoms with Crippen molar-refractivity contribution in [3.8, 4) is 5.69 Å². The van der Waals surface area contributed by atoms with Crippen molar-refractivity contribution < 1.29 is 4.92 Å². The minimum atomic E-state index is -0.460. The zero-order chi connectivity index (χ0) is 19.1.